The van der Waals surface area contributed by atoms with Crippen LogP contribution in [0.4, 0.5) is 0 Å². The number of allylic oxidation sites excluding steroid dienone is 6. The average molecular weight is 923 g/mol. The molecule has 0 heterocycles. The molecule has 0 aromatic heterocycles. The monoisotopic (exact) mass is 922 g/mol. The largest absolute Gasteiger partial charge is 0.0886 e. The van der Waals surface area contributed by atoms with E-state index < -0.39 is 11.8 Å². The van der Waals surface area contributed by atoms with Gasteiger partial charge < -0.3 is 0 Å². The third-order valence-corrected chi connectivity index (χ3v) is 13.3. The summed E-state index contributed by atoms with van der Waals surface area (Å²) in [4.78, 5) is 0. The highest BCUT2D eigenvalue weighted by Crippen LogP contribution is 2.51. The number of hydrogen-bond acceptors (Lipinski definition) is 0. The summed E-state index contributed by atoms with van der Waals surface area (Å²) in [6.45, 7) is 17.0. The Balaban J connectivity index is 1.58. The number of aryl methyl sites for hydroxylation is 8. The van der Waals surface area contributed by atoms with Gasteiger partial charge >= 0.3 is 0 Å². The molecule has 0 amide bonds. The lowest BCUT2D eigenvalue weighted by atomic mass is 9.67. The summed E-state index contributed by atoms with van der Waals surface area (Å²) in [7, 11) is 0. The Labute approximate surface area is 429 Å². The van der Waals surface area contributed by atoms with Gasteiger partial charge in [-0.3, -0.25) is 0 Å². The molecule has 9 rings (SSSR count). The maximum absolute atomic E-state index is 4.03. The molecule has 8 aromatic carbocycles. The van der Waals surface area contributed by atoms with Crippen LogP contribution in [0.5, 0.6) is 0 Å². The molecule has 0 nitrogen and oxygen atoms in total. The molecule has 0 N–H and O–H groups in total. The summed E-state index contributed by atoms with van der Waals surface area (Å²) in [5.41, 5.74) is 22.8. The van der Waals surface area contributed by atoms with Gasteiger partial charge in [0.2, 0.25) is 0 Å². The van der Waals surface area contributed by atoms with Crippen molar-refractivity contribution in [3.05, 3.63) is 300 Å². The molecule has 346 valence electrons. The Morgan fingerprint density at radius 3 is 0.972 bits per heavy atom. The summed E-state index contributed by atoms with van der Waals surface area (Å²) in [5.74, 6) is 29.9. The van der Waals surface area contributed by atoms with Gasteiger partial charge in [-0.15, -0.1) is 0 Å². The lowest BCUT2D eigenvalue weighted by molar-refractivity contribution is 0.723. The van der Waals surface area contributed by atoms with E-state index in [9.17, 15) is 0 Å². The van der Waals surface area contributed by atoms with Gasteiger partial charge in [0.1, 0.15) is 0 Å². The van der Waals surface area contributed by atoms with Gasteiger partial charge in [-0.1, -0.05) is 237 Å². The number of hydrogen-bond donors (Lipinski definition) is 0. The molecule has 2 unspecified atom stereocenters. The van der Waals surface area contributed by atoms with E-state index in [0.717, 1.165) is 89.1 Å². The second-order valence-electron chi connectivity index (χ2n) is 19.3. The fraction of sp³-hybridized carbons (Fsp3) is 0.139. The summed E-state index contributed by atoms with van der Waals surface area (Å²) in [6.07, 6.45) is 0. The Hall–Kier alpha value is -8.78. The van der Waals surface area contributed by atoms with Crippen LogP contribution >= 0.6 is 0 Å². The van der Waals surface area contributed by atoms with Crippen molar-refractivity contribution in [2.75, 3.05) is 0 Å². The zero-order chi connectivity index (χ0) is 50.1. The fourth-order valence-corrected chi connectivity index (χ4v) is 9.05. The maximum Gasteiger partial charge on any atom is 0.0590 e. The zero-order valence-electron chi connectivity index (χ0n) is 42.6. The smallest absolute Gasteiger partial charge is 0.0590 e. The molecule has 0 saturated heterocycles. The molecule has 0 bridgehead atoms. The van der Waals surface area contributed by atoms with E-state index in [1.807, 2.05) is 0 Å². The Morgan fingerprint density at radius 2 is 0.569 bits per heavy atom. The molecule has 1 aliphatic carbocycles. The van der Waals surface area contributed by atoms with Crippen LogP contribution in [0.15, 0.2) is 211 Å². The third kappa shape index (κ3) is 11.5. The molecular weight excluding hydrogens is 865 g/mol. The molecule has 0 fully saturated rings. The number of benzene rings is 8. The lowest BCUT2D eigenvalue weighted by Crippen LogP contribution is -2.21. The van der Waals surface area contributed by atoms with Crippen LogP contribution in [-0.2, 0) is 0 Å². The molecule has 0 radical (unpaired) electrons. The van der Waals surface area contributed by atoms with E-state index in [-0.39, 0.29) is 0 Å². The molecule has 2 atom stereocenters. The van der Waals surface area contributed by atoms with E-state index >= 15 is 0 Å². The summed E-state index contributed by atoms with van der Waals surface area (Å²) >= 11 is 0. The van der Waals surface area contributed by atoms with Gasteiger partial charge in [0.05, 0.1) is 5.92 Å². The minimum absolute atomic E-state index is 0.402. The summed E-state index contributed by atoms with van der Waals surface area (Å²) < 4.78 is 0. The fourth-order valence-electron chi connectivity index (χ4n) is 9.05. The molecule has 0 saturated carbocycles. The van der Waals surface area contributed by atoms with Crippen molar-refractivity contribution in [1.29, 1.82) is 0 Å². The third-order valence-electron chi connectivity index (χ3n) is 13.3. The predicted molar refractivity (Wildman–Crippen MR) is 304 cm³/mol. The van der Waals surface area contributed by atoms with Crippen LogP contribution in [-0.4, -0.2) is 0 Å². The minimum atomic E-state index is -0.478. The molecule has 1 aliphatic rings. The van der Waals surface area contributed by atoms with Crippen LogP contribution in [0.25, 0.3) is 16.7 Å². The Bertz CT molecular complexity index is 3620. The van der Waals surface area contributed by atoms with Gasteiger partial charge in [0.25, 0.3) is 0 Å². The van der Waals surface area contributed by atoms with Gasteiger partial charge in [0, 0.05) is 56.0 Å². The highest BCUT2D eigenvalue weighted by molar-refractivity contribution is 6.07. The van der Waals surface area contributed by atoms with Crippen LogP contribution in [0.2, 0.25) is 0 Å². The van der Waals surface area contributed by atoms with Gasteiger partial charge in [0.15, 0.2) is 0 Å². The highest BCUT2D eigenvalue weighted by Gasteiger charge is 2.37. The normalized spacial score (nSPS) is 17.3. The molecule has 72 heavy (non-hydrogen) atoms. The first-order valence-electron chi connectivity index (χ1n) is 24.8. The Morgan fingerprint density at radius 1 is 0.264 bits per heavy atom. The molecule has 0 aliphatic heterocycles. The predicted octanol–water partition coefficient (Wildman–Crippen LogP) is 16.4. The van der Waals surface area contributed by atoms with Crippen LogP contribution in [0.3, 0.4) is 0 Å². The summed E-state index contributed by atoms with van der Waals surface area (Å²) in [6, 6.07) is 69.6. The summed E-state index contributed by atoms with van der Waals surface area (Å²) in [5, 5.41) is 0. The zero-order valence-corrected chi connectivity index (χ0v) is 42.6. The van der Waals surface area contributed by atoms with Crippen molar-refractivity contribution in [3.8, 4) is 47.4 Å². The van der Waals surface area contributed by atoms with Gasteiger partial charge in [-0.25, -0.2) is 0 Å². The maximum atomic E-state index is 4.03. The highest BCUT2D eigenvalue weighted by atomic mass is 14.4. The average Bonchev–Trinajstić information content (AvgIpc) is 3.38. The molecule has 8 aromatic rings. The van der Waals surface area contributed by atoms with Crippen molar-refractivity contribution >= 4 is 16.7 Å². The van der Waals surface area contributed by atoms with Crippen LogP contribution in [0.1, 0.15) is 94.9 Å². The van der Waals surface area contributed by atoms with E-state index in [0.29, 0.717) is 0 Å². The molecular formula is C72H58. The van der Waals surface area contributed by atoms with Crippen LogP contribution in [0, 0.1) is 109 Å². The van der Waals surface area contributed by atoms with Gasteiger partial charge in [-0.2, -0.15) is 0 Å². The second-order valence-corrected chi connectivity index (χ2v) is 19.3. The first kappa shape index (κ1) is 48.3. The quantitative estimate of drug-likeness (QED) is 0.154. The lowest BCUT2D eigenvalue weighted by Gasteiger charge is -2.33. The first-order chi connectivity index (χ1) is 34.9. The second kappa shape index (κ2) is 21.9. The van der Waals surface area contributed by atoms with Crippen molar-refractivity contribution in [3.63, 3.8) is 0 Å². The van der Waals surface area contributed by atoms with Crippen molar-refractivity contribution in [2.45, 2.75) is 61.3 Å². The van der Waals surface area contributed by atoms with Crippen LogP contribution < -0.4 is 0 Å². The first-order valence-corrected chi connectivity index (χ1v) is 24.8. The van der Waals surface area contributed by atoms with Crippen molar-refractivity contribution in [2.24, 2.45) is 5.92 Å². The topological polar surface area (TPSA) is 0 Å². The van der Waals surface area contributed by atoms with E-state index in [2.05, 4.69) is 297 Å². The molecule has 0 heteroatoms. The minimum Gasteiger partial charge on any atom is -0.0886 e. The number of rotatable bonds is 4. The van der Waals surface area contributed by atoms with E-state index in [4.69, 9.17) is 0 Å². The SMILES string of the molecule is Cc1ccc(C#CC2=C(\c3ccc(C)cc3)C(C#Cc3ccc(C)cc3)C(c3ccc(C)cc3)\C(C#Cc3ccc(C)cc3)=C(c3ccc(C)cc3)/C(C#Cc3ccc(C)cc3)=C\2c2ccc(C)cc2)cc1. The van der Waals surface area contributed by atoms with Crippen molar-refractivity contribution in [1.82, 2.24) is 0 Å². The Kier molecular flexibility index (Phi) is 14.7. The van der Waals surface area contributed by atoms with E-state index in [1.54, 1.807) is 0 Å². The van der Waals surface area contributed by atoms with Gasteiger partial charge in [-0.05, 0) is 132 Å². The van der Waals surface area contributed by atoms with E-state index in [1.165, 1.54) is 33.4 Å². The van der Waals surface area contributed by atoms with Crippen molar-refractivity contribution < 1.29 is 0 Å². The standard InChI is InChI=1S/C72H58/c1-49-9-25-57(26-10-49)33-45-65-69(61-37-17-53(5)18-38-61)66(46-34-58-27-11-50(2)12-28-58)71(63-41-21-55(7)22-42-63)68(48-36-60-31-15-52(4)16-32-60)72(64-43-23-56(8)24-44-64)67(47-35-59-29-13-51(3)14-30-59)70(65)62-39-19-54(6)20-40-62/h9-32,37-44,65,69H,1-8H3/b70-67-,71-66-,72-68-. The molecule has 0 spiro atoms.